The molecule has 0 spiro atoms. The second-order valence-electron chi connectivity index (χ2n) is 6.85. The Morgan fingerprint density at radius 3 is 2.42 bits per heavy atom. The van der Waals surface area contributed by atoms with Gasteiger partial charge in [0.1, 0.15) is 0 Å². The van der Waals surface area contributed by atoms with Gasteiger partial charge in [-0.05, 0) is 29.9 Å². The Kier molecular flexibility index (Phi) is 5.31. The van der Waals surface area contributed by atoms with Gasteiger partial charge >= 0.3 is 0 Å². The van der Waals surface area contributed by atoms with Gasteiger partial charge in [-0.1, -0.05) is 67.6 Å². The molecule has 0 saturated carbocycles. The zero-order chi connectivity index (χ0) is 16.9. The fourth-order valence-electron chi connectivity index (χ4n) is 3.55. The van der Waals surface area contributed by atoms with Crippen molar-refractivity contribution in [2.45, 2.75) is 25.8 Å². The summed E-state index contributed by atoms with van der Waals surface area (Å²) in [6.07, 6.45) is 2.12. The molecule has 0 bridgehead atoms. The van der Waals surface area contributed by atoms with Crippen molar-refractivity contribution in [2.24, 2.45) is 17.6 Å². The van der Waals surface area contributed by atoms with E-state index in [9.17, 15) is 4.79 Å². The Morgan fingerprint density at radius 2 is 1.75 bits per heavy atom. The highest BCUT2D eigenvalue weighted by molar-refractivity contribution is 5.79. The number of likely N-dealkylation sites (tertiary alicyclic amines) is 1. The lowest BCUT2D eigenvalue weighted by atomic mass is 9.94. The van der Waals surface area contributed by atoms with E-state index in [0.29, 0.717) is 5.92 Å². The van der Waals surface area contributed by atoms with E-state index >= 15 is 0 Å². The first kappa shape index (κ1) is 16.7. The molecule has 3 heteroatoms. The van der Waals surface area contributed by atoms with Gasteiger partial charge in [-0.15, -0.1) is 0 Å². The maximum Gasteiger partial charge on any atom is 0.227 e. The van der Waals surface area contributed by atoms with E-state index in [0.717, 1.165) is 31.5 Å². The largest absolute Gasteiger partial charge is 0.342 e. The van der Waals surface area contributed by atoms with Crippen LogP contribution in [0.15, 0.2) is 60.7 Å². The summed E-state index contributed by atoms with van der Waals surface area (Å²) in [5, 5.41) is 0. The average molecular weight is 322 g/mol. The summed E-state index contributed by atoms with van der Waals surface area (Å²) in [7, 11) is 0. The van der Waals surface area contributed by atoms with Gasteiger partial charge in [-0.3, -0.25) is 4.79 Å². The molecule has 2 aromatic carbocycles. The van der Waals surface area contributed by atoms with Crippen molar-refractivity contribution in [3.8, 4) is 0 Å². The molecule has 1 heterocycles. The van der Waals surface area contributed by atoms with Gasteiger partial charge in [0.15, 0.2) is 0 Å². The van der Waals surface area contributed by atoms with Crippen LogP contribution in [0.5, 0.6) is 0 Å². The minimum absolute atomic E-state index is 0.182. The normalized spacial score (nSPS) is 19.9. The lowest BCUT2D eigenvalue weighted by Crippen LogP contribution is -2.38. The molecular weight excluding hydrogens is 296 g/mol. The summed E-state index contributed by atoms with van der Waals surface area (Å²) in [6, 6.07) is 20.2. The Morgan fingerprint density at radius 1 is 1.12 bits per heavy atom. The molecule has 0 aromatic heterocycles. The van der Waals surface area contributed by atoms with E-state index in [1.54, 1.807) is 0 Å². The maximum atomic E-state index is 12.8. The minimum atomic E-state index is -0.244. The molecule has 3 atom stereocenters. The predicted octanol–water partition coefficient (Wildman–Crippen LogP) is 3.41. The van der Waals surface area contributed by atoms with Crippen LogP contribution in [-0.4, -0.2) is 23.9 Å². The van der Waals surface area contributed by atoms with Gasteiger partial charge < -0.3 is 10.6 Å². The molecule has 3 rings (SSSR count). The molecule has 2 aromatic rings. The number of hydrogen-bond donors (Lipinski definition) is 1. The van der Waals surface area contributed by atoms with E-state index in [2.05, 4.69) is 24.3 Å². The molecule has 2 N–H and O–H groups in total. The van der Waals surface area contributed by atoms with E-state index in [-0.39, 0.29) is 17.9 Å². The highest BCUT2D eigenvalue weighted by atomic mass is 16.2. The lowest BCUT2D eigenvalue weighted by molar-refractivity contribution is -0.134. The van der Waals surface area contributed by atoms with Crippen molar-refractivity contribution >= 4 is 5.91 Å². The van der Waals surface area contributed by atoms with Gasteiger partial charge in [-0.2, -0.15) is 0 Å². The van der Waals surface area contributed by atoms with Gasteiger partial charge in [0.25, 0.3) is 0 Å². The molecule has 1 amide bonds. The lowest BCUT2D eigenvalue weighted by Gasteiger charge is -2.25. The van der Waals surface area contributed by atoms with Gasteiger partial charge in [0.2, 0.25) is 5.91 Å². The summed E-state index contributed by atoms with van der Waals surface area (Å²) in [5.41, 5.74) is 8.70. The van der Waals surface area contributed by atoms with Crippen LogP contribution in [0.4, 0.5) is 0 Å². The average Bonchev–Trinajstić information content (AvgIpc) is 3.10. The third-order valence-electron chi connectivity index (χ3n) is 5.08. The fraction of sp³-hybridized carbons (Fsp3) is 0.381. The van der Waals surface area contributed by atoms with Crippen molar-refractivity contribution in [3.63, 3.8) is 0 Å². The maximum absolute atomic E-state index is 12.8. The quantitative estimate of drug-likeness (QED) is 0.917. The van der Waals surface area contributed by atoms with Crippen LogP contribution in [0.3, 0.4) is 0 Å². The van der Waals surface area contributed by atoms with Gasteiger partial charge in [-0.25, -0.2) is 0 Å². The van der Waals surface area contributed by atoms with Crippen molar-refractivity contribution in [2.75, 3.05) is 13.1 Å². The third kappa shape index (κ3) is 3.85. The highest BCUT2D eigenvalue weighted by Gasteiger charge is 2.31. The van der Waals surface area contributed by atoms with Crippen LogP contribution >= 0.6 is 0 Å². The highest BCUT2D eigenvalue weighted by Crippen LogP contribution is 2.26. The van der Waals surface area contributed by atoms with Crippen molar-refractivity contribution in [1.82, 2.24) is 4.90 Å². The first-order valence-electron chi connectivity index (χ1n) is 8.78. The summed E-state index contributed by atoms with van der Waals surface area (Å²) in [5.74, 6) is 0.543. The molecule has 24 heavy (non-hydrogen) atoms. The number of rotatable bonds is 5. The Balaban J connectivity index is 1.58. The van der Waals surface area contributed by atoms with E-state index in [1.165, 1.54) is 5.56 Å². The number of carbonyl (C=O) groups is 1. The zero-order valence-electron chi connectivity index (χ0n) is 14.3. The van der Waals surface area contributed by atoms with Crippen LogP contribution in [0.2, 0.25) is 0 Å². The summed E-state index contributed by atoms with van der Waals surface area (Å²) in [6.45, 7) is 3.65. The molecule has 1 aliphatic heterocycles. The minimum Gasteiger partial charge on any atom is -0.342 e. The topological polar surface area (TPSA) is 46.3 Å². The van der Waals surface area contributed by atoms with E-state index in [1.807, 2.05) is 48.2 Å². The Bertz CT molecular complexity index is 656. The molecule has 0 aliphatic carbocycles. The number of carbonyl (C=O) groups excluding carboxylic acids is 1. The molecule has 126 valence electrons. The summed E-state index contributed by atoms with van der Waals surface area (Å²) in [4.78, 5) is 14.8. The van der Waals surface area contributed by atoms with Crippen molar-refractivity contribution in [1.29, 1.82) is 0 Å². The monoisotopic (exact) mass is 322 g/mol. The Labute approximate surface area is 144 Å². The number of nitrogens with zero attached hydrogens (tertiary/aromatic N) is 1. The number of amides is 1. The van der Waals surface area contributed by atoms with Crippen LogP contribution < -0.4 is 5.73 Å². The van der Waals surface area contributed by atoms with Crippen molar-refractivity contribution < 1.29 is 4.79 Å². The molecule has 1 aliphatic rings. The van der Waals surface area contributed by atoms with E-state index < -0.39 is 0 Å². The first-order chi connectivity index (χ1) is 11.6. The molecule has 3 unspecified atom stereocenters. The number of nitrogens with two attached hydrogens (primary N) is 1. The first-order valence-corrected chi connectivity index (χ1v) is 8.78. The second-order valence-corrected chi connectivity index (χ2v) is 6.85. The molecule has 3 nitrogen and oxygen atoms in total. The van der Waals surface area contributed by atoms with Crippen LogP contribution in [-0.2, 0) is 11.2 Å². The van der Waals surface area contributed by atoms with Crippen LogP contribution in [0, 0.1) is 11.8 Å². The Hall–Kier alpha value is -2.13. The zero-order valence-corrected chi connectivity index (χ0v) is 14.3. The predicted molar refractivity (Wildman–Crippen MR) is 97.4 cm³/mol. The molecular formula is C21H26N2O. The van der Waals surface area contributed by atoms with Gasteiger partial charge in [0.05, 0.1) is 5.92 Å². The van der Waals surface area contributed by atoms with Crippen LogP contribution in [0.1, 0.15) is 30.5 Å². The van der Waals surface area contributed by atoms with Gasteiger partial charge in [0, 0.05) is 19.1 Å². The number of hydrogen-bond acceptors (Lipinski definition) is 2. The molecule has 1 saturated heterocycles. The second kappa shape index (κ2) is 7.63. The van der Waals surface area contributed by atoms with E-state index in [4.69, 9.17) is 5.73 Å². The third-order valence-corrected chi connectivity index (χ3v) is 5.08. The molecule has 1 fully saturated rings. The summed E-state index contributed by atoms with van der Waals surface area (Å²) >= 11 is 0. The SMILES string of the molecule is CC(C(=O)N1CCC(Cc2ccccc2)C1)C(N)c1ccccc1. The smallest absolute Gasteiger partial charge is 0.227 e. The standard InChI is InChI=1S/C21H26N2O/c1-16(20(22)19-10-6-3-7-11-19)21(24)23-13-12-18(15-23)14-17-8-4-2-5-9-17/h2-11,16,18,20H,12-15,22H2,1H3. The molecule has 0 radical (unpaired) electrons. The summed E-state index contributed by atoms with van der Waals surface area (Å²) < 4.78 is 0. The van der Waals surface area contributed by atoms with Crippen molar-refractivity contribution in [3.05, 3.63) is 71.8 Å². The number of benzene rings is 2. The van der Waals surface area contributed by atoms with Crippen LogP contribution in [0.25, 0.3) is 0 Å². The fourth-order valence-corrected chi connectivity index (χ4v) is 3.55.